The van der Waals surface area contributed by atoms with E-state index in [1.54, 1.807) is 32.9 Å². The zero-order valence-electron chi connectivity index (χ0n) is 22.4. The van der Waals surface area contributed by atoms with Crippen LogP contribution in [0.25, 0.3) is 22.3 Å². The molecule has 12 heteroatoms. The van der Waals surface area contributed by atoms with E-state index in [9.17, 15) is 22.4 Å². The van der Waals surface area contributed by atoms with E-state index in [4.69, 9.17) is 19.6 Å². The Labute approximate surface area is 226 Å². The Morgan fingerprint density at radius 3 is 2.49 bits per heavy atom. The van der Waals surface area contributed by atoms with Gasteiger partial charge >= 0.3 is 5.97 Å². The first-order valence-corrected chi connectivity index (χ1v) is 14.3. The van der Waals surface area contributed by atoms with Gasteiger partial charge in [0, 0.05) is 29.6 Å². The third-order valence-electron chi connectivity index (χ3n) is 6.67. The quantitative estimate of drug-likeness (QED) is 0.419. The van der Waals surface area contributed by atoms with Gasteiger partial charge in [0.25, 0.3) is 5.91 Å². The van der Waals surface area contributed by atoms with Crippen LogP contribution in [0.1, 0.15) is 42.8 Å². The van der Waals surface area contributed by atoms with Gasteiger partial charge in [-0.1, -0.05) is 13.8 Å². The Bertz CT molecular complexity index is 1500. The molecule has 3 atom stereocenters. The van der Waals surface area contributed by atoms with Gasteiger partial charge in [-0.3, -0.25) is 13.9 Å². The minimum Gasteiger partial charge on any atom is -0.462 e. The molecule has 0 saturated carbocycles. The summed E-state index contributed by atoms with van der Waals surface area (Å²) < 4.78 is 58.1. The van der Waals surface area contributed by atoms with Gasteiger partial charge in [-0.05, 0) is 43.2 Å². The van der Waals surface area contributed by atoms with Gasteiger partial charge in [-0.15, -0.1) is 0 Å². The van der Waals surface area contributed by atoms with Crippen LogP contribution in [0.5, 0.6) is 0 Å². The molecule has 0 bridgehead atoms. The lowest BCUT2D eigenvalue weighted by Gasteiger charge is -2.25. The number of nitrogens with two attached hydrogens (primary N) is 1. The van der Waals surface area contributed by atoms with E-state index in [-0.39, 0.29) is 36.0 Å². The summed E-state index contributed by atoms with van der Waals surface area (Å²) in [5, 5.41) is 3.03. The topological polar surface area (TPSA) is 141 Å². The first-order valence-electron chi connectivity index (χ1n) is 12.5. The molecule has 3 N–H and O–H groups in total. The Kier molecular flexibility index (Phi) is 8.01. The van der Waals surface area contributed by atoms with Gasteiger partial charge in [0.2, 0.25) is 10.0 Å². The number of halogens is 1. The van der Waals surface area contributed by atoms with Crippen LogP contribution in [0.4, 0.5) is 10.1 Å². The monoisotopic (exact) mass is 561 g/mol. The number of hydrogen-bond acceptors (Lipinski definition) is 8. The van der Waals surface area contributed by atoms with Crippen molar-refractivity contribution < 1.29 is 36.3 Å². The molecule has 0 saturated heterocycles. The molecular weight excluding hydrogens is 529 g/mol. The highest BCUT2D eigenvalue weighted by atomic mass is 32.2. The summed E-state index contributed by atoms with van der Waals surface area (Å²) in [6.07, 6.45) is -0.359. The number of benzene rings is 2. The number of anilines is 1. The molecule has 2 heterocycles. The predicted octanol–water partition coefficient (Wildman–Crippen LogP) is 3.35. The van der Waals surface area contributed by atoms with Crippen LogP contribution in [-0.2, 0) is 24.3 Å². The average molecular weight is 562 g/mol. The van der Waals surface area contributed by atoms with Crippen molar-refractivity contribution in [2.45, 2.75) is 39.0 Å². The van der Waals surface area contributed by atoms with Gasteiger partial charge in [0.05, 0.1) is 30.2 Å². The van der Waals surface area contributed by atoms with E-state index in [0.29, 0.717) is 22.2 Å². The molecule has 1 aliphatic rings. The van der Waals surface area contributed by atoms with Gasteiger partial charge < -0.3 is 24.9 Å². The van der Waals surface area contributed by atoms with Gasteiger partial charge in [0.1, 0.15) is 35.9 Å². The van der Waals surface area contributed by atoms with E-state index < -0.39 is 46.0 Å². The Morgan fingerprint density at radius 1 is 1.23 bits per heavy atom. The highest BCUT2D eigenvalue weighted by Gasteiger charge is 2.34. The number of hydrogen-bond donors (Lipinski definition) is 2. The molecular formula is C27H32FN3O7S. The van der Waals surface area contributed by atoms with Crippen molar-refractivity contribution in [3.63, 3.8) is 0 Å². The maximum atomic E-state index is 13.6. The second-order valence-corrected chi connectivity index (χ2v) is 11.8. The summed E-state index contributed by atoms with van der Waals surface area (Å²) in [6, 6.07) is 7.90. The van der Waals surface area contributed by atoms with Gasteiger partial charge in [-0.25, -0.2) is 12.8 Å². The zero-order valence-corrected chi connectivity index (χ0v) is 23.2. The third kappa shape index (κ3) is 5.77. The predicted molar refractivity (Wildman–Crippen MR) is 144 cm³/mol. The summed E-state index contributed by atoms with van der Waals surface area (Å²) >= 11 is 0. The van der Waals surface area contributed by atoms with Gasteiger partial charge in [-0.2, -0.15) is 0 Å². The minimum absolute atomic E-state index is 0.125. The second-order valence-electron chi connectivity index (χ2n) is 9.89. The van der Waals surface area contributed by atoms with Crippen molar-refractivity contribution in [3.8, 4) is 11.3 Å². The molecule has 4 rings (SSSR count). The second kappa shape index (κ2) is 10.9. The maximum absolute atomic E-state index is 13.6. The fourth-order valence-corrected chi connectivity index (χ4v) is 5.44. The largest absolute Gasteiger partial charge is 0.462 e. The molecule has 3 aromatic rings. The molecule has 39 heavy (non-hydrogen) atoms. The van der Waals surface area contributed by atoms with E-state index in [2.05, 4.69) is 5.32 Å². The number of amides is 1. The molecule has 0 spiro atoms. The Balaban J connectivity index is 1.80. The summed E-state index contributed by atoms with van der Waals surface area (Å²) in [6.45, 7) is 5.01. The normalized spacial score (nSPS) is 18.5. The fourth-order valence-electron chi connectivity index (χ4n) is 4.48. The highest BCUT2D eigenvalue weighted by molar-refractivity contribution is 7.92. The lowest BCUT2D eigenvalue weighted by atomic mass is 10.0. The molecule has 0 fully saturated rings. The summed E-state index contributed by atoms with van der Waals surface area (Å²) in [5.41, 5.74) is 7.65. The van der Waals surface area contributed by atoms with Crippen LogP contribution in [-0.4, -0.2) is 58.9 Å². The molecule has 10 nitrogen and oxygen atoms in total. The molecule has 1 aliphatic heterocycles. The maximum Gasteiger partial charge on any atom is 0.323 e. The van der Waals surface area contributed by atoms with Crippen LogP contribution in [0, 0.1) is 11.7 Å². The van der Waals surface area contributed by atoms with E-state index in [1.807, 2.05) is 0 Å². The highest BCUT2D eigenvalue weighted by Crippen LogP contribution is 2.42. The number of sulfonamides is 1. The smallest absolute Gasteiger partial charge is 0.323 e. The number of nitrogens with one attached hydrogen (secondary N) is 1. The van der Waals surface area contributed by atoms with Crippen molar-refractivity contribution in [2.24, 2.45) is 11.7 Å². The molecule has 0 radical (unpaired) electrons. The summed E-state index contributed by atoms with van der Waals surface area (Å²) in [4.78, 5) is 25.3. The van der Waals surface area contributed by atoms with Crippen molar-refractivity contribution in [1.82, 2.24) is 5.32 Å². The molecule has 0 unspecified atom stereocenters. The van der Waals surface area contributed by atoms with Crippen LogP contribution >= 0.6 is 0 Å². The van der Waals surface area contributed by atoms with Crippen LogP contribution in [0.15, 0.2) is 40.8 Å². The molecule has 1 amide bonds. The fraction of sp³-hybridized carbons (Fsp3) is 0.407. The van der Waals surface area contributed by atoms with E-state index >= 15 is 0 Å². The molecule has 0 aliphatic carbocycles. The van der Waals surface area contributed by atoms with Gasteiger partial charge in [0.15, 0.2) is 0 Å². The minimum atomic E-state index is -3.81. The molecule has 2 aromatic carbocycles. The number of carbonyl (C=O) groups excluding carboxylic acids is 2. The number of esters is 1. The van der Waals surface area contributed by atoms with E-state index in [0.717, 1.165) is 6.26 Å². The number of rotatable bonds is 7. The third-order valence-corrected chi connectivity index (χ3v) is 7.82. The average Bonchev–Trinajstić information content (AvgIpc) is 3.19. The SMILES string of the molecule is CNC(=O)c1c(-c2ccc(F)cc2)oc2cc3c(cc12)[C@H](C)O[C@H](COC(=O)[C@@H](N)C(C)C)CN3S(C)(=O)=O. The van der Waals surface area contributed by atoms with Crippen molar-refractivity contribution in [2.75, 3.05) is 30.8 Å². The molecule has 210 valence electrons. The summed E-state index contributed by atoms with van der Waals surface area (Å²) in [7, 11) is -2.33. The lowest BCUT2D eigenvalue weighted by molar-refractivity contribution is -0.151. The zero-order chi connectivity index (χ0) is 28.6. The van der Waals surface area contributed by atoms with E-state index in [1.165, 1.54) is 35.6 Å². The first-order chi connectivity index (χ1) is 18.3. The van der Waals surface area contributed by atoms with Crippen LogP contribution in [0.2, 0.25) is 0 Å². The standard InChI is InChI=1S/C27H32FN3O7S/c1-14(2)24(29)27(33)36-13-18-12-31(39(5,34)35)21-11-22-20(10-19(21)15(3)37-18)23(26(32)30-4)25(38-22)16-6-8-17(28)9-7-16/h6-11,14-15,18,24H,12-13,29H2,1-5H3,(H,30,32)/t15-,18-,24-/m0/s1. The van der Waals surface area contributed by atoms with Crippen molar-refractivity contribution >= 4 is 38.6 Å². The van der Waals surface area contributed by atoms with Crippen molar-refractivity contribution in [1.29, 1.82) is 0 Å². The van der Waals surface area contributed by atoms with Crippen molar-refractivity contribution in [3.05, 3.63) is 53.3 Å². The first kappa shape index (κ1) is 28.5. The van der Waals surface area contributed by atoms with Crippen LogP contribution in [0.3, 0.4) is 0 Å². The number of carbonyl (C=O) groups is 2. The number of nitrogens with zero attached hydrogens (tertiary/aromatic N) is 1. The Hall–Kier alpha value is -3.48. The lowest BCUT2D eigenvalue weighted by Crippen LogP contribution is -2.42. The Morgan fingerprint density at radius 2 is 1.90 bits per heavy atom. The number of fused-ring (bicyclic) bond motifs is 2. The summed E-state index contributed by atoms with van der Waals surface area (Å²) in [5.74, 6) is -1.39. The van der Waals surface area contributed by atoms with Crippen LogP contribution < -0.4 is 15.4 Å². The number of ether oxygens (including phenoxy) is 2. The number of furan rings is 1. The molecule has 1 aromatic heterocycles.